The van der Waals surface area contributed by atoms with Crippen molar-refractivity contribution in [3.63, 3.8) is 0 Å². The summed E-state index contributed by atoms with van der Waals surface area (Å²) < 4.78 is 5.23. The smallest absolute Gasteiger partial charge is 0.310 e. The number of nitro groups is 1. The van der Waals surface area contributed by atoms with E-state index in [4.69, 9.17) is 4.74 Å². The average Bonchev–Trinajstić information content (AvgIpc) is 3.10. The van der Waals surface area contributed by atoms with Gasteiger partial charge in [0.05, 0.1) is 11.1 Å². The summed E-state index contributed by atoms with van der Waals surface area (Å²) in [4.78, 5) is 22.3. The molecule has 144 valence electrons. The highest BCUT2D eigenvalue weighted by atomic mass is 16.6. The van der Waals surface area contributed by atoms with Gasteiger partial charge in [0.2, 0.25) is 0 Å². The standard InChI is InChI=1S/C22H17N3O4/c26-22(14-29-21-8-4-3-7-20(21)25(27)28)24-23-13-15-9-10-19-17(11-15)12-16-5-1-2-6-18(16)19/h1-11,13H,12,14H2,(H,24,26)/b23-13-. The van der Waals surface area contributed by atoms with Crippen molar-refractivity contribution in [1.82, 2.24) is 5.43 Å². The molecule has 3 aromatic carbocycles. The summed E-state index contributed by atoms with van der Waals surface area (Å²) in [5.74, 6) is -0.470. The van der Waals surface area contributed by atoms with Crippen molar-refractivity contribution in [3.05, 3.63) is 93.5 Å². The first-order valence-corrected chi connectivity index (χ1v) is 9.01. The van der Waals surface area contributed by atoms with Crippen molar-refractivity contribution >= 4 is 17.8 Å². The Kier molecular flexibility index (Phi) is 5.03. The number of para-hydroxylation sites is 2. The molecule has 0 bridgehead atoms. The van der Waals surface area contributed by atoms with Gasteiger partial charge in [-0.3, -0.25) is 14.9 Å². The van der Waals surface area contributed by atoms with Gasteiger partial charge in [-0.25, -0.2) is 5.43 Å². The molecule has 4 rings (SSSR count). The molecule has 0 saturated heterocycles. The second-order valence-corrected chi connectivity index (χ2v) is 6.56. The fraction of sp³-hybridized carbons (Fsp3) is 0.0909. The van der Waals surface area contributed by atoms with Crippen LogP contribution < -0.4 is 10.2 Å². The summed E-state index contributed by atoms with van der Waals surface area (Å²) in [7, 11) is 0. The van der Waals surface area contributed by atoms with Crippen LogP contribution in [0, 0.1) is 10.1 Å². The van der Waals surface area contributed by atoms with E-state index in [9.17, 15) is 14.9 Å². The van der Waals surface area contributed by atoms with E-state index in [0.717, 1.165) is 12.0 Å². The van der Waals surface area contributed by atoms with Gasteiger partial charge in [-0.1, -0.05) is 48.5 Å². The Bertz CT molecular complexity index is 1120. The van der Waals surface area contributed by atoms with Crippen LogP contribution in [0.15, 0.2) is 71.8 Å². The normalized spacial score (nSPS) is 11.7. The van der Waals surface area contributed by atoms with Crippen LogP contribution in [0.5, 0.6) is 5.75 Å². The first kappa shape index (κ1) is 18.4. The summed E-state index contributed by atoms with van der Waals surface area (Å²) in [6.07, 6.45) is 2.44. The Labute approximate surface area is 166 Å². The van der Waals surface area contributed by atoms with Gasteiger partial charge in [0, 0.05) is 6.07 Å². The third kappa shape index (κ3) is 3.98. The number of carbonyl (C=O) groups excluding carboxylic acids is 1. The summed E-state index contributed by atoms with van der Waals surface area (Å²) in [6.45, 7) is -0.373. The molecule has 0 spiro atoms. The summed E-state index contributed by atoms with van der Waals surface area (Å²) in [6, 6.07) is 20.3. The molecule has 3 aromatic rings. The molecular formula is C22H17N3O4. The highest BCUT2D eigenvalue weighted by Crippen LogP contribution is 2.36. The predicted molar refractivity (Wildman–Crippen MR) is 109 cm³/mol. The van der Waals surface area contributed by atoms with Crippen LogP contribution in [0.3, 0.4) is 0 Å². The maximum Gasteiger partial charge on any atom is 0.310 e. The summed E-state index contributed by atoms with van der Waals surface area (Å²) in [5.41, 5.74) is 8.05. The number of hydrazone groups is 1. The van der Waals surface area contributed by atoms with Crippen LogP contribution in [0.25, 0.3) is 11.1 Å². The third-order valence-electron chi connectivity index (χ3n) is 4.64. The molecule has 0 fully saturated rings. The summed E-state index contributed by atoms with van der Waals surface area (Å²) >= 11 is 0. The zero-order chi connectivity index (χ0) is 20.2. The molecule has 0 unspecified atom stereocenters. The highest BCUT2D eigenvalue weighted by molar-refractivity contribution is 5.86. The molecule has 29 heavy (non-hydrogen) atoms. The zero-order valence-electron chi connectivity index (χ0n) is 15.4. The second kappa shape index (κ2) is 7.93. The molecule has 0 heterocycles. The Balaban J connectivity index is 1.35. The highest BCUT2D eigenvalue weighted by Gasteiger charge is 2.17. The van der Waals surface area contributed by atoms with Crippen LogP contribution in [0.2, 0.25) is 0 Å². The van der Waals surface area contributed by atoms with Gasteiger partial charge in [-0.05, 0) is 46.4 Å². The van der Waals surface area contributed by atoms with Gasteiger partial charge >= 0.3 is 5.69 Å². The Morgan fingerprint density at radius 2 is 1.83 bits per heavy atom. The molecule has 0 aromatic heterocycles. The minimum Gasteiger partial charge on any atom is -0.477 e. The average molecular weight is 387 g/mol. The fourth-order valence-corrected chi connectivity index (χ4v) is 3.33. The Morgan fingerprint density at radius 3 is 2.69 bits per heavy atom. The summed E-state index contributed by atoms with van der Waals surface area (Å²) in [5, 5.41) is 14.9. The number of nitro benzene ring substituents is 1. The van der Waals surface area contributed by atoms with Crippen LogP contribution in [-0.4, -0.2) is 23.7 Å². The van der Waals surface area contributed by atoms with E-state index >= 15 is 0 Å². The molecular weight excluding hydrogens is 370 g/mol. The molecule has 1 aliphatic carbocycles. The van der Waals surface area contributed by atoms with Gasteiger partial charge in [-0.2, -0.15) is 5.10 Å². The van der Waals surface area contributed by atoms with Gasteiger partial charge in [0.25, 0.3) is 5.91 Å². The van der Waals surface area contributed by atoms with Crippen molar-refractivity contribution in [2.75, 3.05) is 6.61 Å². The van der Waals surface area contributed by atoms with E-state index in [2.05, 4.69) is 34.8 Å². The van der Waals surface area contributed by atoms with Crippen LogP contribution in [0.1, 0.15) is 16.7 Å². The van der Waals surface area contributed by atoms with E-state index in [0.29, 0.717) is 0 Å². The number of amides is 1. The molecule has 7 nitrogen and oxygen atoms in total. The quantitative estimate of drug-likeness (QED) is 0.310. The fourth-order valence-electron chi connectivity index (χ4n) is 3.33. The lowest BCUT2D eigenvalue weighted by Gasteiger charge is -2.05. The lowest BCUT2D eigenvalue weighted by atomic mass is 10.0. The van der Waals surface area contributed by atoms with Crippen LogP contribution >= 0.6 is 0 Å². The Hall–Kier alpha value is -4.00. The number of fused-ring (bicyclic) bond motifs is 3. The second-order valence-electron chi connectivity index (χ2n) is 6.56. The van der Waals surface area contributed by atoms with Gasteiger partial charge in [0.15, 0.2) is 12.4 Å². The number of benzene rings is 3. The Morgan fingerprint density at radius 1 is 1.07 bits per heavy atom. The topological polar surface area (TPSA) is 93.8 Å². The minimum absolute atomic E-state index is 0.0369. The molecule has 1 amide bonds. The number of ether oxygens (including phenoxy) is 1. The lowest BCUT2D eigenvalue weighted by Crippen LogP contribution is -2.24. The maximum absolute atomic E-state index is 11.9. The monoisotopic (exact) mass is 387 g/mol. The van der Waals surface area contributed by atoms with Gasteiger partial charge in [-0.15, -0.1) is 0 Å². The largest absolute Gasteiger partial charge is 0.477 e. The zero-order valence-corrected chi connectivity index (χ0v) is 15.4. The molecule has 0 atom stereocenters. The molecule has 7 heteroatoms. The number of nitrogens with zero attached hydrogens (tertiary/aromatic N) is 2. The van der Waals surface area contributed by atoms with Crippen LogP contribution in [0.4, 0.5) is 5.69 Å². The predicted octanol–water partition coefficient (Wildman–Crippen LogP) is 3.70. The number of hydrogen-bond donors (Lipinski definition) is 1. The molecule has 1 aliphatic rings. The van der Waals surface area contributed by atoms with Gasteiger partial charge < -0.3 is 4.74 Å². The minimum atomic E-state index is -0.558. The van der Waals surface area contributed by atoms with Crippen molar-refractivity contribution in [2.45, 2.75) is 6.42 Å². The first-order chi connectivity index (χ1) is 14.1. The number of rotatable bonds is 6. The maximum atomic E-state index is 11.9. The molecule has 1 N–H and O–H groups in total. The number of carbonyl (C=O) groups is 1. The van der Waals surface area contributed by atoms with Crippen molar-refractivity contribution in [1.29, 1.82) is 0 Å². The SMILES string of the molecule is O=C(COc1ccccc1[N+](=O)[O-])N/N=C\c1ccc2c(c1)Cc1ccccc1-2. The van der Waals surface area contributed by atoms with Crippen molar-refractivity contribution < 1.29 is 14.5 Å². The third-order valence-corrected chi connectivity index (χ3v) is 4.64. The number of nitrogens with one attached hydrogen (secondary N) is 1. The lowest BCUT2D eigenvalue weighted by molar-refractivity contribution is -0.385. The van der Waals surface area contributed by atoms with E-state index < -0.39 is 10.8 Å². The molecule has 0 radical (unpaired) electrons. The molecule has 0 aliphatic heterocycles. The number of hydrogen-bond acceptors (Lipinski definition) is 5. The molecule has 0 saturated carbocycles. The van der Waals surface area contributed by atoms with E-state index in [-0.39, 0.29) is 18.0 Å². The van der Waals surface area contributed by atoms with E-state index in [1.165, 1.54) is 40.5 Å². The van der Waals surface area contributed by atoms with E-state index in [1.807, 2.05) is 18.2 Å². The van der Waals surface area contributed by atoms with Gasteiger partial charge in [0.1, 0.15) is 0 Å². The van der Waals surface area contributed by atoms with Crippen LogP contribution in [-0.2, 0) is 11.2 Å². The van der Waals surface area contributed by atoms with E-state index in [1.54, 1.807) is 12.3 Å². The van der Waals surface area contributed by atoms with Crippen molar-refractivity contribution in [2.24, 2.45) is 5.10 Å². The first-order valence-electron chi connectivity index (χ1n) is 9.01. The van der Waals surface area contributed by atoms with Crippen molar-refractivity contribution in [3.8, 4) is 16.9 Å².